The van der Waals surface area contributed by atoms with Crippen molar-refractivity contribution in [3.63, 3.8) is 0 Å². The quantitative estimate of drug-likeness (QED) is 0.633. The van der Waals surface area contributed by atoms with E-state index in [9.17, 15) is 0 Å². The molecule has 2 heterocycles. The fraction of sp³-hybridized carbons (Fsp3) is 0.375. The summed E-state index contributed by atoms with van der Waals surface area (Å²) in [6, 6.07) is 3.65. The lowest BCUT2D eigenvalue weighted by Gasteiger charge is -2.17. The third-order valence-electron chi connectivity index (χ3n) is 1.74. The number of anilines is 1. The molecule has 1 aliphatic heterocycles. The largest absolute Gasteiger partial charge is 0.474 e. The number of aliphatic hydroxyl groups is 1. The fourth-order valence-corrected chi connectivity index (χ4v) is 1.14. The number of hydrogen-bond donors (Lipinski definition) is 2. The van der Waals surface area contributed by atoms with Crippen LogP contribution in [-0.2, 0) is 6.61 Å². The molecule has 1 aromatic heterocycles. The maximum absolute atomic E-state index is 8.80. The second kappa shape index (κ2) is 2.98. The molecule has 0 aliphatic carbocycles. The van der Waals surface area contributed by atoms with E-state index in [-0.39, 0.29) is 6.61 Å². The third-order valence-corrected chi connectivity index (χ3v) is 1.74. The maximum atomic E-state index is 8.80. The molecule has 1 aliphatic rings. The van der Waals surface area contributed by atoms with E-state index in [1.54, 1.807) is 6.07 Å². The lowest BCUT2D eigenvalue weighted by molar-refractivity contribution is 0.269. The van der Waals surface area contributed by atoms with Gasteiger partial charge in [-0.2, -0.15) is 0 Å². The fourth-order valence-electron chi connectivity index (χ4n) is 1.14. The lowest BCUT2D eigenvalue weighted by Crippen LogP contribution is -2.19. The molecule has 0 saturated carbocycles. The molecule has 1 aromatic rings. The average molecular weight is 166 g/mol. The van der Waals surface area contributed by atoms with Crippen molar-refractivity contribution >= 4 is 5.69 Å². The van der Waals surface area contributed by atoms with Gasteiger partial charge < -0.3 is 15.2 Å². The summed E-state index contributed by atoms with van der Waals surface area (Å²) in [5, 5.41) is 11.9. The van der Waals surface area contributed by atoms with Gasteiger partial charge in [0.05, 0.1) is 18.0 Å². The predicted molar refractivity (Wildman–Crippen MR) is 44.1 cm³/mol. The summed E-state index contributed by atoms with van der Waals surface area (Å²) in [6.45, 7) is 1.40. The van der Waals surface area contributed by atoms with Crippen molar-refractivity contribution < 1.29 is 9.84 Å². The van der Waals surface area contributed by atoms with Gasteiger partial charge in [-0.3, -0.25) is 0 Å². The van der Waals surface area contributed by atoms with Gasteiger partial charge >= 0.3 is 0 Å². The van der Waals surface area contributed by atoms with Crippen molar-refractivity contribution in [2.24, 2.45) is 0 Å². The molecule has 2 N–H and O–H groups in total. The van der Waals surface area contributed by atoms with Gasteiger partial charge in [0.15, 0.2) is 0 Å². The lowest BCUT2D eigenvalue weighted by atomic mass is 10.3. The Kier molecular flexibility index (Phi) is 1.83. The minimum Gasteiger partial charge on any atom is -0.474 e. The molecule has 0 bridgehead atoms. The Hall–Kier alpha value is -1.29. The molecule has 0 atom stereocenters. The summed E-state index contributed by atoms with van der Waals surface area (Å²) in [5.74, 6) is 0.591. The zero-order valence-electron chi connectivity index (χ0n) is 6.58. The first kappa shape index (κ1) is 7.36. The molecule has 64 valence electrons. The number of aliphatic hydroxyl groups excluding tert-OH is 1. The number of hydrogen-bond acceptors (Lipinski definition) is 4. The van der Waals surface area contributed by atoms with E-state index in [1.165, 1.54) is 0 Å². The highest BCUT2D eigenvalue weighted by atomic mass is 16.5. The van der Waals surface area contributed by atoms with Gasteiger partial charge in [0, 0.05) is 6.54 Å². The van der Waals surface area contributed by atoms with Crippen LogP contribution in [0.3, 0.4) is 0 Å². The molecular formula is C8H10N2O2. The zero-order valence-corrected chi connectivity index (χ0v) is 6.58. The first-order chi connectivity index (χ1) is 5.90. The number of nitrogens with one attached hydrogen (secondary N) is 1. The SMILES string of the molecule is OCc1ccc2c(n1)OCCN2. The summed E-state index contributed by atoms with van der Waals surface area (Å²) in [7, 11) is 0. The average Bonchev–Trinajstić information content (AvgIpc) is 2.17. The molecule has 0 fully saturated rings. The Morgan fingerprint density at radius 3 is 3.33 bits per heavy atom. The van der Waals surface area contributed by atoms with Crippen LogP contribution in [0.1, 0.15) is 5.69 Å². The summed E-state index contributed by atoms with van der Waals surface area (Å²) in [5.41, 5.74) is 1.54. The molecule has 12 heavy (non-hydrogen) atoms. The van der Waals surface area contributed by atoms with Gasteiger partial charge in [0.2, 0.25) is 5.88 Å². The minimum atomic E-state index is -0.0450. The van der Waals surface area contributed by atoms with Crippen molar-refractivity contribution in [2.75, 3.05) is 18.5 Å². The van der Waals surface area contributed by atoms with Crippen molar-refractivity contribution in [1.29, 1.82) is 0 Å². The second-order valence-corrected chi connectivity index (χ2v) is 2.59. The van der Waals surface area contributed by atoms with Gasteiger partial charge in [-0.05, 0) is 12.1 Å². The highest BCUT2D eigenvalue weighted by molar-refractivity contribution is 5.54. The van der Waals surface area contributed by atoms with E-state index < -0.39 is 0 Å². The smallest absolute Gasteiger partial charge is 0.237 e. The standard InChI is InChI=1S/C8H10N2O2/c11-5-6-1-2-7-8(10-6)12-4-3-9-7/h1-2,9,11H,3-5H2. The third kappa shape index (κ3) is 1.21. The van der Waals surface area contributed by atoms with Gasteiger partial charge in [0.25, 0.3) is 0 Å². The highest BCUT2D eigenvalue weighted by Gasteiger charge is 2.10. The van der Waals surface area contributed by atoms with Crippen molar-refractivity contribution in [2.45, 2.75) is 6.61 Å². The van der Waals surface area contributed by atoms with Gasteiger partial charge in [-0.25, -0.2) is 4.98 Å². The number of rotatable bonds is 1. The normalized spacial score (nSPS) is 14.4. The van der Waals surface area contributed by atoms with E-state index in [1.807, 2.05) is 6.07 Å². The molecular weight excluding hydrogens is 156 g/mol. The number of aromatic nitrogens is 1. The zero-order chi connectivity index (χ0) is 8.39. The molecule has 0 amide bonds. The van der Waals surface area contributed by atoms with Crippen molar-refractivity contribution in [3.05, 3.63) is 17.8 Å². The van der Waals surface area contributed by atoms with E-state index in [0.717, 1.165) is 12.2 Å². The molecule has 2 rings (SSSR count). The topological polar surface area (TPSA) is 54.4 Å². The molecule has 0 radical (unpaired) electrons. The van der Waals surface area contributed by atoms with Crippen LogP contribution in [0.25, 0.3) is 0 Å². The predicted octanol–water partition coefficient (Wildman–Crippen LogP) is 0.378. The van der Waals surface area contributed by atoms with Crippen LogP contribution in [0, 0.1) is 0 Å². The van der Waals surface area contributed by atoms with Crippen LogP contribution in [0.4, 0.5) is 5.69 Å². The summed E-state index contributed by atoms with van der Waals surface area (Å²) in [6.07, 6.45) is 0. The number of fused-ring (bicyclic) bond motifs is 1. The van der Waals surface area contributed by atoms with E-state index >= 15 is 0 Å². The first-order valence-electron chi connectivity index (χ1n) is 3.87. The second-order valence-electron chi connectivity index (χ2n) is 2.59. The molecule has 4 heteroatoms. The van der Waals surface area contributed by atoms with Crippen LogP contribution < -0.4 is 10.1 Å². The summed E-state index contributed by atoms with van der Waals surface area (Å²) < 4.78 is 5.28. The summed E-state index contributed by atoms with van der Waals surface area (Å²) >= 11 is 0. The van der Waals surface area contributed by atoms with Crippen LogP contribution >= 0.6 is 0 Å². The van der Waals surface area contributed by atoms with Crippen LogP contribution in [0.5, 0.6) is 5.88 Å². The van der Waals surface area contributed by atoms with Crippen LogP contribution in [-0.4, -0.2) is 23.2 Å². The highest BCUT2D eigenvalue weighted by Crippen LogP contribution is 2.24. The number of pyridine rings is 1. The van der Waals surface area contributed by atoms with Gasteiger partial charge in [-0.15, -0.1) is 0 Å². The molecule has 4 nitrogen and oxygen atoms in total. The minimum absolute atomic E-state index is 0.0450. The van der Waals surface area contributed by atoms with Crippen molar-refractivity contribution in [1.82, 2.24) is 4.98 Å². The molecule has 0 unspecified atom stereocenters. The van der Waals surface area contributed by atoms with E-state index in [2.05, 4.69) is 10.3 Å². The first-order valence-corrected chi connectivity index (χ1v) is 3.87. The summed E-state index contributed by atoms with van der Waals surface area (Å²) in [4.78, 5) is 4.10. The van der Waals surface area contributed by atoms with E-state index in [4.69, 9.17) is 9.84 Å². The van der Waals surface area contributed by atoms with Crippen LogP contribution in [0.2, 0.25) is 0 Å². The van der Waals surface area contributed by atoms with Gasteiger partial charge in [0.1, 0.15) is 6.61 Å². The van der Waals surface area contributed by atoms with Crippen LogP contribution in [0.15, 0.2) is 12.1 Å². The Labute approximate surface area is 70.2 Å². The number of ether oxygens (including phenoxy) is 1. The Balaban J connectivity index is 2.36. The molecule has 0 aromatic carbocycles. The van der Waals surface area contributed by atoms with Gasteiger partial charge in [-0.1, -0.05) is 0 Å². The Bertz CT molecular complexity index is 288. The molecule has 0 saturated heterocycles. The Morgan fingerprint density at radius 2 is 2.50 bits per heavy atom. The van der Waals surface area contributed by atoms with E-state index in [0.29, 0.717) is 18.2 Å². The Morgan fingerprint density at radius 1 is 1.58 bits per heavy atom. The van der Waals surface area contributed by atoms with Crippen molar-refractivity contribution in [3.8, 4) is 5.88 Å². The monoisotopic (exact) mass is 166 g/mol. The molecule has 0 spiro atoms. The number of nitrogens with zero attached hydrogens (tertiary/aromatic N) is 1. The maximum Gasteiger partial charge on any atom is 0.237 e.